The number of rotatable bonds is 15. The van der Waals surface area contributed by atoms with Crippen molar-refractivity contribution in [2.24, 2.45) is 5.73 Å². The van der Waals surface area contributed by atoms with Gasteiger partial charge in [-0.2, -0.15) is 0 Å². The number of anilines is 2. The van der Waals surface area contributed by atoms with Crippen LogP contribution in [0.3, 0.4) is 0 Å². The minimum absolute atomic E-state index is 0.00989. The van der Waals surface area contributed by atoms with E-state index in [0.717, 1.165) is 16.7 Å². The van der Waals surface area contributed by atoms with E-state index in [2.05, 4.69) is 21.3 Å². The molecule has 1 fully saturated rings. The van der Waals surface area contributed by atoms with E-state index in [4.69, 9.17) is 26.8 Å². The van der Waals surface area contributed by atoms with E-state index in [0.29, 0.717) is 38.8 Å². The predicted molar refractivity (Wildman–Crippen MR) is 222 cm³/mol. The number of nitrogens with zero attached hydrogens (tertiary/aromatic N) is 2. The molecule has 2 aliphatic rings. The molecule has 0 aromatic heterocycles. The van der Waals surface area contributed by atoms with Crippen LogP contribution in [0.4, 0.5) is 21.0 Å². The number of halogens is 1. The van der Waals surface area contributed by atoms with Crippen LogP contribution in [0.2, 0.25) is 5.02 Å². The number of carbonyl (C=O) groups is 7. The molecular formula is C43H44ClN7O10. The average Bonchev–Trinajstić information content (AvgIpc) is 3.56. The molecule has 318 valence electrons. The van der Waals surface area contributed by atoms with E-state index >= 15 is 0 Å². The Morgan fingerprint density at radius 1 is 0.918 bits per heavy atom. The molecule has 17 nitrogen and oxygen atoms in total. The molecule has 1 atom stereocenters. The molecule has 2 heterocycles. The van der Waals surface area contributed by atoms with Crippen molar-refractivity contribution in [2.75, 3.05) is 17.7 Å². The van der Waals surface area contributed by atoms with Crippen molar-refractivity contribution in [1.29, 1.82) is 0 Å². The van der Waals surface area contributed by atoms with Gasteiger partial charge < -0.3 is 46.1 Å². The highest BCUT2D eigenvalue weighted by Gasteiger charge is 2.40. The first-order valence-electron chi connectivity index (χ1n) is 19.2. The normalized spacial score (nSPS) is 14.4. The molecule has 7 N–H and O–H groups in total. The lowest BCUT2D eigenvalue weighted by molar-refractivity contribution is -0.137. The maximum absolute atomic E-state index is 13.0. The monoisotopic (exact) mass is 853 g/mol. The van der Waals surface area contributed by atoms with E-state index in [1.165, 1.54) is 15.9 Å². The van der Waals surface area contributed by atoms with Crippen molar-refractivity contribution in [1.82, 2.24) is 20.4 Å². The van der Waals surface area contributed by atoms with Crippen LogP contribution in [0.15, 0.2) is 72.8 Å². The van der Waals surface area contributed by atoms with Crippen LogP contribution < -0.4 is 31.7 Å². The molecule has 8 amide bonds. The Kier molecular flexibility index (Phi) is 13.7. The van der Waals surface area contributed by atoms with Gasteiger partial charge in [0.05, 0.1) is 6.54 Å². The SMILES string of the molecule is Cc1c(Cl)cc(NC(=O)NCc2ccc3c(c2O)CN(C2CCC(=O)NC2=O)C3=O)cc1OCc1ccc(CN(C)C(=O)OCc2ccc(NC(=O)CCC(N)=O)cc2)cc1. The molecule has 4 aromatic carbocycles. The Bertz CT molecular complexity index is 2370. The maximum Gasteiger partial charge on any atom is 0.410 e. The van der Waals surface area contributed by atoms with Gasteiger partial charge in [-0.05, 0) is 54.3 Å². The summed E-state index contributed by atoms with van der Waals surface area (Å²) < 4.78 is 11.5. The fourth-order valence-corrected chi connectivity index (χ4v) is 6.89. The third-order valence-electron chi connectivity index (χ3n) is 10.1. The van der Waals surface area contributed by atoms with E-state index in [1.54, 1.807) is 56.4 Å². The molecule has 4 aromatic rings. The Hall–Kier alpha value is -7.14. The topological polar surface area (TPSA) is 239 Å². The molecule has 0 radical (unpaired) electrons. The molecular weight excluding hydrogens is 810 g/mol. The number of aromatic hydroxyl groups is 1. The van der Waals surface area contributed by atoms with E-state index in [-0.39, 0.29) is 75.8 Å². The molecule has 18 heteroatoms. The maximum atomic E-state index is 13.0. The van der Waals surface area contributed by atoms with Crippen molar-refractivity contribution in [2.45, 2.75) is 71.5 Å². The fourth-order valence-electron chi connectivity index (χ4n) is 6.68. The lowest BCUT2D eigenvalue weighted by Gasteiger charge is -2.29. The van der Waals surface area contributed by atoms with Gasteiger partial charge in [0.15, 0.2) is 0 Å². The van der Waals surface area contributed by atoms with Gasteiger partial charge in [-0.1, -0.05) is 54.1 Å². The van der Waals surface area contributed by atoms with Crippen LogP contribution >= 0.6 is 11.6 Å². The number of nitrogens with one attached hydrogen (secondary N) is 4. The Balaban J connectivity index is 0.954. The van der Waals surface area contributed by atoms with Gasteiger partial charge in [0.2, 0.25) is 23.6 Å². The van der Waals surface area contributed by atoms with Gasteiger partial charge in [-0.25, -0.2) is 9.59 Å². The summed E-state index contributed by atoms with van der Waals surface area (Å²) in [6.45, 7) is 2.20. The van der Waals surface area contributed by atoms with Crippen molar-refractivity contribution in [3.8, 4) is 11.5 Å². The number of primary amides is 1. The molecule has 1 saturated heterocycles. The molecule has 0 spiro atoms. The van der Waals surface area contributed by atoms with Gasteiger partial charge in [0.25, 0.3) is 5.91 Å². The van der Waals surface area contributed by atoms with Crippen LogP contribution in [-0.4, -0.2) is 69.7 Å². The number of nitrogens with two attached hydrogens (primary N) is 1. The van der Waals surface area contributed by atoms with Crippen molar-refractivity contribution in [3.05, 3.63) is 117 Å². The second kappa shape index (κ2) is 19.3. The Morgan fingerprint density at radius 2 is 1.61 bits per heavy atom. The number of urea groups is 1. The summed E-state index contributed by atoms with van der Waals surface area (Å²) in [5.41, 5.74) is 10.0. The van der Waals surface area contributed by atoms with E-state index < -0.39 is 41.8 Å². The highest BCUT2D eigenvalue weighted by molar-refractivity contribution is 6.32. The fraction of sp³-hybridized carbons (Fsp3) is 0.279. The third-order valence-corrected chi connectivity index (χ3v) is 10.5. The summed E-state index contributed by atoms with van der Waals surface area (Å²) in [6.07, 6.45) is -0.270. The summed E-state index contributed by atoms with van der Waals surface area (Å²) in [5, 5.41) is 21.7. The number of phenolic OH excluding ortho intramolecular Hbond substituents is 1. The third kappa shape index (κ3) is 11.1. The minimum Gasteiger partial charge on any atom is -0.507 e. The van der Waals surface area contributed by atoms with E-state index in [9.17, 15) is 38.7 Å². The number of ether oxygens (including phenoxy) is 2. The Morgan fingerprint density at radius 3 is 2.31 bits per heavy atom. The zero-order valence-electron chi connectivity index (χ0n) is 33.3. The predicted octanol–water partition coefficient (Wildman–Crippen LogP) is 4.99. The van der Waals surface area contributed by atoms with Crippen molar-refractivity contribution >= 4 is 64.6 Å². The van der Waals surface area contributed by atoms with E-state index in [1.807, 2.05) is 24.3 Å². The number of hydrogen-bond acceptors (Lipinski definition) is 10. The summed E-state index contributed by atoms with van der Waals surface area (Å²) in [4.78, 5) is 88.2. The van der Waals surface area contributed by atoms with Crippen LogP contribution in [0.1, 0.15) is 69.4 Å². The van der Waals surface area contributed by atoms with Crippen molar-refractivity contribution < 1.29 is 48.1 Å². The van der Waals surface area contributed by atoms with Gasteiger partial charge in [0.1, 0.15) is 30.8 Å². The summed E-state index contributed by atoms with van der Waals surface area (Å²) in [5.74, 6) is -1.98. The second-order valence-corrected chi connectivity index (χ2v) is 15.0. The molecule has 6 rings (SSSR count). The highest BCUT2D eigenvalue weighted by atomic mass is 35.5. The Labute approximate surface area is 355 Å². The average molecular weight is 854 g/mol. The lowest BCUT2D eigenvalue weighted by Crippen LogP contribution is -2.52. The smallest absolute Gasteiger partial charge is 0.410 e. The first kappa shape index (κ1) is 43.4. The molecule has 1 unspecified atom stereocenters. The van der Waals surface area contributed by atoms with Crippen LogP contribution in [0.25, 0.3) is 0 Å². The number of amides is 8. The van der Waals surface area contributed by atoms with Gasteiger partial charge in [-0.15, -0.1) is 0 Å². The lowest BCUT2D eigenvalue weighted by atomic mass is 10.0. The molecule has 61 heavy (non-hydrogen) atoms. The first-order chi connectivity index (χ1) is 29.1. The zero-order chi connectivity index (χ0) is 43.8. The molecule has 2 aliphatic heterocycles. The number of piperidine rings is 1. The largest absolute Gasteiger partial charge is 0.507 e. The van der Waals surface area contributed by atoms with Crippen molar-refractivity contribution in [3.63, 3.8) is 0 Å². The number of carbonyl (C=O) groups excluding carboxylic acids is 7. The minimum atomic E-state index is -0.823. The molecule has 0 bridgehead atoms. The number of benzene rings is 4. The summed E-state index contributed by atoms with van der Waals surface area (Å²) in [7, 11) is 1.62. The van der Waals surface area contributed by atoms with Crippen LogP contribution in [0.5, 0.6) is 11.5 Å². The molecule has 0 aliphatic carbocycles. The van der Waals surface area contributed by atoms with Gasteiger partial charge in [-0.3, -0.25) is 29.3 Å². The first-order valence-corrected chi connectivity index (χ1v) is 19.6. The zero-order valence-corrected chi connectivity index (χ0v) is 34.1. The summed E-state index contributed by atoms with van der Waals surface area (Å²) >= 11 is 6.49. The number of hydrogen-bond donors (Lipinski definition) is 6. The number of imide groups is 1. The highest BCUT2D eigenvalue weighted by Crippen LogP contribution is 2.36. The van der Waals surface area contributed by atoms with Gasteiger partial charge in [0, 0.05) is 84.1 Å². The molecule has 0 saturated carbocycles. The number of phenols is 1. The van der Waals surface area contributed by atoms with Crippen LogP contribution in [0, 0.1) is 6.92 Å². The second-order valence-electron chi connectivity index (χ2n) is 14.6. The quantitative estimate of drug-likeness (QED) is 0.0877. The summed E-state index contributed by atoms with van der Waals surface area (Å²) in [6, 6.07) is 19.1. The standard InChI is InChI=1S/C43H44ClN7O10/c1-24-33(44)17-30(48-42(58)46-19-28-9-12-31-32(39(28)55)21-51(41(31)57)34-13-15-38(54)49-40(34)56)18-35(24)60-22-26-5-3-25(4-6-26)20-50(2)43(59)61-23-27-7-10-29(11-8-27)47-37(53)16-14-36(45)52/h3-12,17-18,34,55H,13-16,19-23H2,1-2H3,(H2,45,52)(H,47,53)(H2,46,48,58)(H,49,54,56). The van der Waals surface area contributed by atoms with Gasteiger partial charge >= 0.3 is 12.1 Å². The van der Waals surface area contributed by atoms with Crippen LogP contribution in [-0.2, 0) is 56.8 Å². The number of fused-ring (bicyclic) bond motifs is 1.